The number of aromatic nitrogens is 2. The quantitative estimate of drug-likeness (QED) is 0.555. The van der Waals surface area contributed by atoms with E-state index < -0.39 is 5.92 Å². The predicted molar refractivity (Wildman–Crippen MR) is 120 cm³/mol. The Balaban J connectivity index is 0.00000245. The molecule has 1 amide bonds. The Bertz CT molecular complexity index is 951. The summed E-state index contributed by atoms with van der Waals surface area (Å²) >= 11 is 0. The fourth-order valence-electron chi connectivity index (χ4n) is 4.95. The third-order valence-corrected chi connectivity index (χ3v) is 6.87. The van der Waals surface area contributed by atoms with Gasteiger partial charge in [-0.25, -0.2) is 13.8 Å². The topological polar surface area (TPSA) is 93.0 Å². The van der Waals surface area contributed by atoms with Crippen molar-refractivity contribution in [3.63, 3.8) is 0 Å². The smallest absolute Gasteiger partial charge is 0.248 e. The Morgan fingerprint density at radius 3 is 2.72 bits per heavy atom. The molecule has 0 bridgehead atoms. The number of rotatable bonds is 7. The standard InChI is InChI=1S/C23H30F2N4O2.ClH/c24-23(25)11-13(12-23)9-19(30)29-21(14-4-5-14)15-6-7-16-17(10-15)28-22(27-16)20(26)18-3-1-2-8-31-18;/h6-7,10,13-14,18,20-21H,1-5,8-9,11-12,26H2,(H,27,28)(H,29,30);1H/t18-,20+,21-;/m1./s1. The molecule has 1 aromatic heterocycles. The van der Waals surface area contributed by atoms with E-state index in [-0.39, 0.29) is 61.7 Å². The Kier molecular flexibility index (Phi) is 6.75. The summed E-state index contributed by atoms with van der Waals surface area (Å²) in [5.41, 5.74) is 9.15. The minimum atomic E-state index is -2.59. The number of alkyl halides is 2. The number of carbonyl (C=O) groups is 1. The summed E-state index contributed by atoms with van der Waals surface area (Å²) in [7, 11) is 0. The van der Waals surface area contributed by atoms with Crippen molar-refractivity contribution in [2.24, 2.45) is 17.6 Å². The minimum Gasteiger partial charge on any atom is -0.376 e. The molecule has 3 aliphatic rings. The van der Waals surface area contributed by atoms with Gasteiger partial charge in [-0.05, 0) is 61.6 Å². The summed E-state index contributed by atoms with van der Waals surface area (Å²) in [6.45, 7) is 0.740. The van der Waals surface area contributed by atoms with Crippen LogP contribution in [0.5, 0.6) is 0 Å². The molecule has 32 heavy (non-hydrogen) atoms. The zero-order valence-corrected chi connectivity index (χ0v) is 18.8. The number of aromatic amines is 1. The van der Waals surface area contributed by atoms with E-state index in [1.54, 1.807) is 0 Å². The van der Waals surface area contributed by atoms with Crippen LogP contribution in [0.1, 0.15) is 74.8 Å². The molecule has 1 aromatic carbocycles. The van der Waals surface area contributed by atoms with Crippen molar-refractivity contribution in [2.45, 2.75) is 75.5 Å². The number of nitrogens with one attached hydrogen (secondary N) is 2. The lowest BCUT2D eigenvalue weighted by molar-refractivity contribution is -0.134. The first-order valence-electron chi connectivity index (χ1n) is 11.4. The summed E-state index contributed by atoms with van der Waals surface area (Å²) in [5, 5.41) is 3.10. The monoisotopic (exact) mass is 468 g/mol. The molecule has 3 fully saturated rings. The molecule has 9 heteroatoms. The molecule has 1 saturated heterocycles. The average Bonchev–Trinajstić information content (AvgIpc) is 3.48. The molecule has 6 nitrogen and oxygen atoms in total. The highest BCUT2D eigenvalue weighted by atomic mass is 35.5. The van der Waals surface area contributed by atoms with E-state index in [1.807, 2.05) is 18.2 Å². The number of halogens is 3. The molecule has 5 rings (SSSR count). The van der Waals surface area contributed by atoms with Crippen LogP contribution in [0.25, 0.3) is 11.0 Å². The van der Waals surface area contributed by atoms with Crippen LogP contribution < -0.4 is 11.1 Å². The van der Waals surface area contributed by atoms with E-state index in [1.165, 1.54) is 0 Å². The zero-order chi connectivity index (χ0) is 21.6. The van der Waals surface area contributed by atoms with Gasteiger partial charge >= 0.3 is 0 Å². The third kappa shape index (κ3) is 5.07. The van der Waals surface area contributed by atoms with E-state index in [4.69, 9.17) is 10.5 Å². The number of carbonyl (C=O) groups excluding carboxylic acids is 1. The number of hydrogen-bond donors (Lipinski definition) is 3. The van der Waals surface area contributed by atoms with Gasteiger partial charge in [0.25, 0.3) is 0 Å². The normalized spacial score (nSPS) is 24.9. The van der Waals surface area contributed by atoms with E-state index in [0.717, 1.165) is 61.1 Å². The number of ether oxygens (including phenoxy) is 1. The van der Waals surface area contributed by atoms with E-state index >= 15 is 0 Å². The second kappa shape index (κ2) is 9.23. The number of imidazole rings is 1. The lowest BCUT2D eigenvalue weighted by atomic mass is 9.79. The first-order valence-corrected chi connectivity index (χ1v) is 11.4. The Morgan fingerprint density at radius 1 is 1.28 bits per heavy atom. The van der Waals surface area contributed by atoms with Gasteiger partial charge in [-0.15, -0.1) is 12.4 Å². The minimum absolute atomic E-state index is 0. The second-order valence-electron chi connectivity index (χ2n) is 9.55. The highest BCUT2D eigenvalue weighted by molar-refractivity contribution is 5.85. The van der Waals surface area contributed by atoms with Crippen molar-refractivity contribution < 1.29 is 18.3 Å². The summed E-state index contributed by atoms with van der Waals surface area (Å²) in [6.07, 6.45) is 5.04. The fraction of sp³-hybridized carbons (Fsp3) is 0.652. The van der Waals surface area contributed by atoms with Crippen LogP contribution in [0.4, 0.5) is 8.78 Å². The molecule has 2 heterocycles. The zero-order valence-electron chi connectivity index (χ0n) is 18.0. The maximum atomic E-state index is 13.1. The number of H-pyrrole nitrogens is 1. The van der Waals surface area contributed by atoms with E-state index in [9.17, 15) is 13.6 Å². The largest absolute Gasteiger partial charge is 0.376 e. The molecule has 0 spiro atoms. The van der Waals surface area contributed by atoms with Gasteiger partial charge in [-0.1, -0.05) is 6.07 Å². The molecular weight excluding hydrogens is 438 g/mol. The van der Waals surface area contributed by atoms with Crippen LogP contribution in [0, 0.1) is 11.8 Å². The molecule has 2 aliphatic carbocycles. The molecule has 2 saturated carbocycles. The van der Waals surface area contributed by atoms with Gasteiger partial charge in [0.15, 0.2) is 0 Å². The second-order valence-corrected chi connectivity index (χ2v) is 9.55. The van der Waals surface area contributed by atoms with Crippen LogP contribution in [0.3, 0.4) is 0 Å². The van der Waals surface area contributed by atoms with E-state index in [2.05, 4.69) is 15.3 Å². The lowest BCUT2D eigenvalue weighted by Gasteiger charge is -2.34. The Labute approximate surface area is 192 Å². The molecule has 176 valence electrons. The van der Waals surface area contributed by atoms with Crippen LogP contribution in [-0.2, 0) is 9.53 Å². The molecular formula is C23H31ClF2N4O2. The Hall–Kier alpha value is -1.77. The van der Waals surface area contributed by atoms with Gasteiger partial charge in [-0.2, -0.15) is 0 Å². The van der Waals surface area contributed by atoms with Gasteiger partial charge in [0.1, 0.15) is 5.82 Å². The van der Waals surface area contributed by atoms with Crippen molar-refractivity contribution in [2.75, 3.05) is 6.61 Å². The molecule has 3 atom stereocenters. The van der Waals surface area contributed by atoms with Gasteiger partial charge in [0.2, 0.25) is 11.8 Å². The average molecular weight is 469 g/mol. The fourth-order valence-corrected chi connectivity index (χ4v) is 4.95. The highest BCUT2D eigenvalue weighted by Gasteiger charge is 2.46. The molecule has 4 N–H and O–H groups in total. The van der Waals surface area contributed by atoms with E-state index in [0.29, 0.717) is 5.92 Å². The van der Waals surface area contributed by atoms with Crippen LogP contribution >= 0.6 is 12.4 Å². The first kappa shape index (κ1) is 23.4. The van der Waals surface area contributed by atoms with Crippen LogP contribution in [-0.4, -0.2) is 34.5 Å². The van der Waals surface area contributed by atoms with Crippen LogP contribution in [0.2, 0.25) is 0 Å². The highest BCUT2D eigenvalue weighted by Crippen LogP contribution is 2.45. The summed E-state index contributed by atoms with van der Waals surface area (Å²) in [4.78, 5) is 20.5. The van der Waals surface area contributed by atoms with Crippen molar-refractivity contribution in [1.29, 1.82) is 0 Å². The lowest BCUT2D eigenvalue weighted by Crippen LogP contribution is -2.39. The summed E-state index contributed by atoms with van der Waals surface area (Å²) < 4.78 is 32.0. The predicted octanol–water partition coefficient (Wildman–Crippen LogP) is 4.56. The van der Waals surface area contributed by atoms with Crippen molar-refractivity contribution in [1.82, 2.24) is 15.3 Å². The maximum absolute atomic E-state index is 13.1. The van der Waals surface area contributed by atoms with Crippen molar-refractivity contribution >= 4 is 29.3 Å². The molecule has 0 unspecified atom stereocenters. The SMILES string of the molecule is Cl.N[C@H](c1nc2ccc([C@H](NC(=O)CC3CC(F)(F)C3)C3CC3)cc2[nH]1)[C@H]1CCCCO1. The number of hydrogen-bond acceptors (Lipinski definition) is 4. The summed E-state index contributed by atoms with van der Waals surface area (Å²) in [5.74, 6) is -1.83. The van der Waals surface area contributed by atoms with Crippen molar-refractivity contribution in [3.8, 4) is 0 Å². The van der Waals surface area contributed by atoms with Gasteiger partial charge < -0.3 is 20.8 Å². The molecule has 1 aliphatic heterocycles. The maximum Gasteiger partial charge on any atom is 0.248 e. The number of nitrogens with zero attached hydrogens (tertiary/aromatic N) is 1. The van der Waals surface area contributed by atoms with Gasteiger partial charge in [-0.3, -0.25) is 4.79 Å². The van der Waals surface area contributed by atoms with Gasteiger partial charge in [0, 0.05) is 25.9 Å². The third-order valence-electron chi connectivity index (χ3n) is 6.87. The first-order chi connectivity index (χ1) is 14.9. The van der Waals surface area contributed by atoms with Crippen LogP contribution in [0.15, 0.2) is 18.2 Å². The summed E-state index contributed by atoms with van der Waals surface area (Å²) in [6, 6.07) is 5.58. The van der Waals surface area contributed by atoms with Crippen molar-refractivity contribution in [3.05, 3.63) is 29.6 Å². The number of amides is 1. The number of nitrogens with two attached hydrogens (primary N) is 1. The number of benzene rings is 1. The molecule has 0 radical (unpaired) electrons. The van der Waals surface area contributed by atoms with Gasteiger partial charge in [0.05, 0.1) is 29.2 Å². The Morgan fingerprint density at radius 2 is 2.06 bits per heavy atom. The molecule has 2 aromatic rings. The number of fused-ring (bicyclic) bond motifs is 1.